The van der Waals surface area contributed by atoms with Crippen molar-refractivity contribution in [2.75, 3.05) is 9.44 Å². The Labute approximate surface area is 223 Å². The van der Waals surface area contributed by atoms with Crippen LogP contribution in [0.1, 0.15) is 11.5 Å². The van der Waals surface area contributed by atoms with Crippen LogP contribution in [0, 0.1) is 21.0 Å². The van der Waals surface area contributed by atoms with Crippen LogP contribution in [0.2, 0.25) is 0 Å². The van der Waals surface area contributed by atoms with Gasteiger partial charge in [-0.2, -0.15) is 0 Å². The van der Waals surface area contributed by atoms with Crippen LogP contribution in [-0.2, 0) is 20.0 Å². The number of aromatic nitrogens is 2. The molecule has 10 nitrogen and oxygen atoms in total. The third-order valence-corrected chi connectivity index (χ3v) is 9.40. The summed E-state index contributed by atoms with van der Waals surface area (Å²) in [5, 5.41) is 7.31. The van der Waals surface area contributed by atoms with E-state index >= 15 is 0 Å². The van der Waals surface area contributed by atoms with Crippen LogP contribution in [0.4, 0.5) is 11.6 Å². The molecule has 0 aliphatic carbocycles. The SMILES string of the molecule is Cc1onc(NS(=O)(=O)c2ccccc2)c1I.Cc1onc(NS(=O)(=O)c2ccccc2)c1I. The summed E-state index contributed by atoms with van der Waals surface area (Å²) in [5.74, 6) is 1.59. The molecule has 2 aromatic carbocycles. The summed E-state index contributed by atoms with van der Waals surface area (Å²) in [4.78, 5) is 0.382. The zero-order valence-corrected chi connectivity index (χ0v) is 23.6. The Bertz CT molecular complexity index is 1360. The van der Waals surface area contributed by atoms with Gasteiger partial charge in [0.15, 0.2) is 11.6 Å². The molecule has 0 spiro atoms. The van der Waals surface area contributed by atoms with Crippen molar-refractivity contribution in [1.82, 2.24) is 10.3 Å². The molecule has 0 unspecified atom stereocenters. The lowest BCUT2D eigenvalue weighted by atomic mass is 10.4. The van der Waals surface area contributed by atoms with E-state index in [9.17, 15) is 16.8 Å². The van der Waals surface area contributed by atoms with Gasteiger partial charge in [-0.05, 0) is 83.3 Å². The van der Waals surface area contributed by atoms with Crippen molar-refractivity contribution in [3.8, 4) is 0 Å². The number of hydrogen-bond donors (Lipinski definition) is 2. The Morgan fingerprint density at radius 3 is 1.24 bits per heavy atom. The summed E-state index contributed by atoms with van der Waals surface area (Å²) in [6, 6.07) is 16.2. The normalized spacial score (nSPS) is 11.4. The highest BCUT2D eigenvalue weighted by Crippen LogP contribution is 2.24. The van der Waals surface area contributed by atoms with E-state index < -0.39 is 20.0 Å². The first-order chi connectivity index (χ1) is 16.0. The topological polar surface area (TPSA) is 144 Å². The molecule has 2 aromatic heterocycles. The van der Waals surface area contributed by atoms with Gasteiger partial charge in [0.1, 0.15) is 18.7 Å². The van der Waals surface area contributed by atoms with E-state index in [1.54, 1.807) is 50.2 Å². The molecule has 0 aliphatic heterocycles. The first-order valence-corrected chi connectivity index (χ1v) is 14.5. The zero-order chi connectivity index (χ0) is 24.9. The van der Waals surface area contributed by atoms with Crippen LogP contribution in [0.25, 0.3) is 0 Å². The van der Waals surface area contributed by atoms with Crippen molar-refractivity contribution in [1.29, 1.82) is 0 Å². The van der Waals surface area contributed by atoms with Gasteiger partial charge in [-0.3, -0.25) is 9.44 Å². The molecule has 0 atom stereocenters. The van der Waals surface area contributed by atoms with E-state index in [1.807, 2.05) is 45.2 Å². The van der Waals surface area contributed by atoms with Crippen molar-refractivity contribution in [3.05, 3.63) is 79.3 Å². The largest absolute Gasteiger partial charge is 0.358 e. The minimum Gasteiger partial charge on any atom is -0.358 e. The van der Waals surface area contributed by atoms with Crippen LogP contribution < -0.4 is 9.44 Å². The van der Waals surface area contributed by atoms with Gasteiger partial charge >= 0.3 is 0 Å². The van der Waals surface area contributed by atoms with E-state index in [-0.39, 0.29) is 21.4 Å². The highest BCUT2D eigenvalue weighted by Gasteiger charge is 2.20. The molecule has 34 heavy (non-hydrogen) atoms. The number of benzene rings is 2. The molecule has 2 heterocycles. The maximum Gasteiger partial charge on any atom is 0.263 e. The van der Waals surface area contributed by atoms with Crippen molar-refractivity contribution < 1.29 is 25.9 Å². The molecular weight excluding hydrogens is 710 g/mol. The molecule has 4 rings (SSSR count). The van der Waals surface area contributed by atoms with Crippen LogP contribution in [0.15, 0.2) is 79.5 Å². The molecule has 14 heteroatoms. The van der Waals surface area contributed by atoms with Crippen LogP contribution in [0.5, 0.6) is 0 Å². The van der Waals surface area contributed by atoms with Gasteiger partial charge in [-0.25, -0.2) is 16.8 Å². The van der Waals surface area contributed by atoms with Crippen molar-refractivity contribution in [3.63, 3.8) is 0 Å². The summed E-state index contributed by atoms with van der Waals surface area (Å²) >= 11 is 3.95. The van der Waals surface area contributed by atoms with E-state index in [4.69, 9.17) is 9.05 Å². The Hall–Kier alpha value is -2.18. The fourth-order valence-corrected chi connectivity index (χ4v) is 5.50. The number of rotatable bonds is 6. The molecule has 180 valence electrons. The van der Waals surface area contributed by atoms with Crippen LogP contribution >= 0.6 is 45.2 Å². The fraction of sp³-hybridized carbons (Fsp3) is 0.100. The molecule has 2 N–H and O–H groups in total. The molecule has 0 bridgehead atoms. The third kappa shape index (κ3) is 6.48. The monoisotopic (exact) mass is 728 g/mol. The predicted octanol–water partition coefficient (Wildman–Crippen LogP) is 4.78. The molecule has 0 amide bonds. The van der Waals surface area contributed by atoms with Gasteiger partial charge in [-0.15, -0.1) is 0 Å². The third-order valence-electron chi connectivity index (χ3n) is 4.15. The molecular formula is C20H18I2N4O6S2. The first kappa shape index (κ1) is 26.4. The Balaban J connectivity index is 0.000000191. The van der Waals surface area contributed by atoms with Gasteiger partial charge in [0.2, 0.25) is 0 Å². The standard InChI is InChI=1S/2C10H9IN2O3S/c2*1-7-9(11)10(12-16-7)13-17(14,15)8-5-3-2-4-6-8/h2*2-6H,1H3,(H,12,13). The quantitative estimate of drug-likeness (QED) is 0.270. The molecule has 0 radical (unpaired) electrons. The number of aryl methyl sites for hydroxylation is 2. The number of hydrogen-bond acceptors (Lipinski definition) is 8. The maximum absolute atomic E-state index is 12.0. The Kier molecular flexibility index (Phi) is 8.58. The van der Waals surface area contributed by atoms with Gasteiger partial charge in [0.25, 0.3) is 20.0 Å². The molecule has 0 aliphatic rings. The summed E-state index contributed by atoms with van der Waals surface area (Å²) in [5.41, 5.74) is 0. The highest BCUT2D eigenvalue weighted by molar-refractivity contribution is 14.1. The smallest absolute Gasteiger partial charge is 0.263 e. The summed E-state index contributed by atoms with van der Waals surface area (Å²) < 4.78 is 63.7. The minimum absolute atomic E-state index is 0.191. The molecule has 0 fully saturated rings. The lowest BCUT2D eigenvalue weighted by molar-refractivity contribution is 0.399. The minimum atomic E-state index is -3.60. The lowest BCUT2D eigenvalue weighted by Gasteiger charge is -2.04. The second-order valence-electron chi connectivity index (χ2n) is 6.64. The van der Waals surface area contributed by atoms with E-state index in [0.717, 1.165) is 0 Å². The van der Waals surface area contributed by atoms with Gasteiger partial charge in [-0.1, -0.05) is 46.7 Å². The Morgan fingerprint density at radius 1 is 0.647 bits per heavy atom. The van der Waals surface area contributed by atoms with E-state index in [2.05, 4.69) is 19.8 Å². The van der Waals surface area contributed by atoms with Gasteiger partial charge in [0.05, 0.1) is 9.79 Å². The van der Waals surface area contributed by atoms with E-state index in [0.29, 0.717) is 18.7 Å². The summed E-state index contributed by atoms with van der Waals surface area (Å²) in [7, 11) is -7.20. The van der Waals surface area contributed by atoms with E-state index in [1.165, 1.54) is 24.3 Å². The number of nitrogens with zero attached hydrogens (tertiary/aromatic N) is 2. The summed E-state index contributed by atoms with van der Waals surface area (Å²) in [6.45, 7) is 3.43. The van der Waals surface area contributed by atoms with Crippen molar-refractivity contribution in [2.45, 2.75) is 23.6 Å². The number of halogens is 2. The Morgan fingerprint density at radius 2 is 0.971 bits per heavy atom. The van der Waals surface area contributed by atoms with Crippen molar-refractivity contribution >= 4 is 76.9 Å². The van der Waals surface area contributed by atoms with Gasteiger partial charge < -0.3 is 9.05 Å². The zero-order valence-electron chi connectivity index (χ0n) is 17.7. The summed E-state index contributed by atoms with van der Waals surface area (Å²) in [6.07, 6.45) is 0. The lowest BCUT2D eigenvalue weighted by Crippen LogP contribution is -2.13. The first-order valence-electron chi connectivity index (χ1n) is 9.40. The second-order valence-corrected chi connectivity index (χ2v) is 12.2. The van der Waals surface area contributed by atoms with Crippen molar-refractivity contribution in [2.24, 2.45) is 0 Å². The number of anilines is 2. The number of sulfonamides is 2. The second kappa shape index (κ2) is 11.0. The average molecular weight is 728 g/mol. The molecule has 0 saturated heterocycles. The van der Waals surface area contributed by atoms with Gasteiger partial charge in [0, 0.05) is 0 Å². The maximum atomic E-state index is 12.0. The average Bonchev–Trinajstić information content (AvgIpc) is 3.30. The molecule has 0 saturated carbocycles. The fourth-order valence-electron chi connectivity index (χ4n) is 2.42. The predicted molar refractivity (Wildman–Crippen MR) is 142 cm³/mol. The molecule has 4 aromatic rings. The number of nitrogens with one attached hydrogen (secondary N) is 2. The van der Waals surface area contributed by atoms with Crippen LogP contribution in [-0.4, -0.2) is 27.1 Å². The van der Waals surface area contributed by atoms with Crippen LogP contribution in [0.3, 0.4) is 0 Å². The highest BCUT2D eigenvalue weighted by atomic mass is 127.